The van der Waals surface area contributed by atoms with Crippen LogP contribution in [0.1, 0.15) is 59.0 Å². The van der Waals surface area contributed by atoms with Crippen molar-refractivity contribution in [1.82, 2.24) is 10.2 Å². The number of fused-ring (bicyclic) bond motifs is 2. The van der Waals surface area contributed by atoms with Crippen molar-refractivity contribution in [2.24, 2.45) is 5.92 Å². The molecule has 2 atom stereocenters. The Morgan fingerprint density at radius 3 is 2.47 bits per heavy atom. The number of rotatable bonds is 5. The highest BCUT2D eigenvalue weighted by Gasteiger charge is 2.43. The fourth-order valence-corrected chi connectivity index (χ4v) is 4.23. The van der Waals surface area contributed by atoms with Gasteiger partial charge in [-0.25, -0.2) is 0 Å². The van der Waals surface area contributed by atoms with E-state index in [0.717, 1.165) is 10.5 Å². The van der Waals surface area contributed by atoms with Gasteiger partial charge in [0.25, 0.3) is 11.8 Å². The number of carbonyl (C=O) groups is 3. The molecule has 30 heavy (non-hydrogen) atoms. The van der Waals surface area contributed by atoms with Gasteiger partial charge in [-0.3, -0.25) is 19.3 Å². The van der Waals surface area contributed by atoms with Crippen molar-refractivity contribution in [2.75, 3.05) is 6.61 Å². The summed E-state index contributed by atoms with van der Waals surface area (Å²) in [5, 5.41) is 3.58. The summed E-state index contributed by atoms with van der Waals surface area (Å²) in [6.45, 7) is 4.38. The number of imide groups is 1. The van der Waals surface area contributed by atoms with Gasteiger partial charge in [-0.2, -0.15) is 0 Å². The first-order chi connectivity index (χ1) is 14.4. The summed E-state index contributed by atoms with van der Waals surface area (Å²) < 4.78 is 5.66. The SMILES string of the molecule is CC(C)CC(C(=O)NC1CCOc2ccc(Cl)cc21)N1C(=O)c2ccccc2C1=O. The first-order valence-electron chi connectivity index (χ1n) is 10.1. The molecule has 1 N–H and O–H groups in total. The number of nitrogens with one attached hydrogen (secondary N) is 1. The Morgan fingerprint density at radius 1 is 1.17 bits per heavy atom. The van der Waals surface area contributed by atoms with E-state index in [2.05, 4.69) is 5.32 Å². The Balaban J connectivity index is 1.62. The van der Waals surface area contributed by atoms with Gasteiger partial charge in [0.15, 0.2) is 0 Å². The predicted molar refractivity (Wildman–Crippen MR) is 113 cm³/mol. The smallest absolute Gasteiger partial charge is 0.262 e. The van der Waals surface area contributed by atoms with E-state index in [0.29, 0.717) is 41.3 Å². The van der Waals surface area contributed by atoms with E-state index in [9.17, 15) is 14.4 Å². The first kappa shape index (κ1) is 20.4. The summed E-state index contributed by atoms with van der Waals surface area (Å²) in [5.41, 5.74) is 1.48. The fourth-order valence-electron chi connectivity index (χ4n) is 4.05. The van der Waals surface area contributed by atoms with Gasteiger partial charge in [0, 0.05) is 17.0 Å². The van der Waals surface area contributed by atoms with Crippen LogP contribution in [-0.2, 0) is 4.79 Å². The lowest BCUT2D eigenvalue weighted by atomic mass is 9.98. The third-order valence-electron chi connectivity index (χ3n) is 5.46. The van der Waals surface area contributed by atoms with Gasteiger partial charge in [-0.1, -0.05) is 37.6 Å². The molecule has 0 aromatic heterocycles. The summed E-state index contributed by atoms with van der Waals surface area (Å²) in [5.74, 6) is -0.409. The monoisotopic (exact) mass is 426 g/mol. The molecule has 2 aliphatic rings. The Morgan fingerprint density at radius 2 is 1.83 bits per heavy atom. The molecule has 2 heterocycles. The van der Waals surface area contributed by atoms with Crippen LogP contribution in [0.3, 0.4) is 0 Å². The van der Waals surface area contributed by atoms with Crippen molar-refractivity contribution >= 4 is 29.3 Å². The molecular weight excluding hydrogens is 404 g/mol. The van der Waals surface area contributed by atoms with Crippen molar-refractivity contribution in [2.45, 2.75) is 38.8 Å². The molecule has 2 aromatic carbocycles. The van der Waals surface area contributed by atoms with Crippen molar-refractivity contribution in [1.29, 1.82) is 0 Å². The molecule has 0 radical (unpaired) electrons. The lowest BCUT2D eigenvalue weighted by molar-refractivity contribution is -0.126. The zero-order chi connectivity index (χ0) is 21.4. The quantitative estimate of drug-likeness (QED) is 0.733. The van der Waals surface area contributed by atoms with Crippen LogP contribution in [0.5, 0.6) is 5.75 Å². The number of carbonyl (C=O) groups excluding carboxylic acids is 3. The van der Waals surface area contributed by atoms with E-state index in [-0.39, 0.29) is 17.9 Å². The van der Waals surface area contributed by atoms with Crippen LogP contribution in [0.4, 0.5) is 0 Å². The Hall–Kier alpha value is -2.86. The lowest BCUT2D eigenvalue weighted by Crippen LogP contribution is -2.51. The molecule has 2 aromatic rings. The van der Waals surface area contributed by atoms with Gasteiger partial charge in [0.1, 0.15) is 11.8 Å². The third-order valence-corrected chi connectivity index (χ3v) is 5.70. The van der Waals surface area contributed by atoms with Crippen molar-refractivity contribution in [3.05, 3.63) is 64.2 Å². The van der Waals surface area contributed by atoms with Crippen LogP contribution in [-0.4, -0.2) is 35.3 Å². The minimum atomic E-state index is -0.886. The molecule has 7 heteroatoms. The van der Waals surface area contributed by atoms with Crippen molar-refractivity contribution < 1.29 is 19.1 Å². The highest BCUT2D eigenvalue weighted by molar-refractivity contribution is 6.30. The second-order valence-electron chi connectivity index (χ2n) is 8.05. The lowest BCUT2D eigenvalue weighted by Gasteiger charge is -2.31. The van der Waals surface area contributed by atoms with Crippen LogP contribution < -0.4 is 10.1 Å². The number of ether oxygens (including phenoxy) is 1. The Kier molecular flexibility index (Phi) is 5.52. The molecule has 0 aliphatic carbocycles. The summed E-state index contributed by atoms with van der Waals surface area (Å²) in [6, 6.07) is 10.8. The van der Waals surface area contributed by atoms with Gasteiger partial charge in [-0.15, -0.1) is 0 Å². The van der Waals surface area contributed by atoms with Crippen molar-refractivity contribution in [3.63, 3.8) is 0 Å². The summed E-state index contributed by atoms with van der Waals surface area (Å²) in [6.07, 6.45) is 0.957. The highest BCUT2D eigenvalue weighted by atomic mass is 35.5. The molecule has 3 amide bonds. The van der Waals surface area contributed by atoms with E-state index >= 15 is 0 Å². The topological polar surface area (TPSA) is 75.7 Å². The molecule has 0 fully saturated rings. The predicted octanol–water partition coefficient (Wildman–Crippen LogP) is 3.99. The normalized spacial score (nSPS) is 18.7. The van der Waals surface area contributed by atoms with Crippen molar-refractivity contribution in [3.8, 4) is 5.75 Å². The zero-order valence-corrected chi connectivity index (χ0v) is 17.6. The molecule has 0 spiro atoms. The van der Waals surface area contributed by atoms with E-state index < -0.39 is 17.9 Å². The van der Waals surface area contributed by atoms with Gasteiger partial charge >= 0.3 is 0 Å². The van der Waals surface area contributed by atoms with E-state index in [1.54, 1.807) is 42.5 Å². The standard InChI is InChI=1S/C23H23ClN2O4/c1-13(2)11-19(26-22(28)15-5-3-4-6-16(15)23(26)29)21(27)25-18-9-10-30-20-8-7-14(24)12-17(18)20/h3-8,12-13,18-19H,9-11H2,1-2H3,(H,25,27). The highest BCUT2D eigenvalue weighted by Crippen LogP contribution is 2.35. The molecule has 0 saturated heterocycles. The fraction of sp³-hybridized carbons (Fsp3) is 0.348. The van der Waals surface area contributed by atoms with Gasteiger partial charge in [-0.05, 0) is 42.7 Å². The van der Waals surface area contributed by atoms with Crippen LogP contribution in [0.2, 0.25) is 5.02 Å². The Labute approximate surface area is 180 Å². The number of nitrogens with zero attached hydrogens (tertiary/aromatic N) is 1. The average Bonchev–Trinajstić information content (AvgIpc) is 2.97. The number of hydrogen-bond acceptors (Lipinski definition) is 4. The molecule has 0 saturated carbocycles. The van der Waals surface area contributed by atoms with Gasteiger partial charge in [0.2, 0.25) is 5.91 Å². The molecule has 156 valence electrons. The maximum absolute atomic E-state index is 13.3. The van der Waals surface area contributed by atoms with Crippen LogP contribution >= 0.6 is 11.6 Å². The van der Waals surface area contributed by atoms with Crippen LogP contribution in [0, 0.1) is 5.92 Å². The number of benzene rings is 2. The van der Waals surface area contributed by atoms with Gasteiger partial charge < -0.3 is 10.1 Å². The molecule has 6 nitrogen and oxygen atoms in total. The first-order valence-corrected chi connectivity index (χ1v) is 10.4. The molecular formula is C23H23ClN2O4. The molecule has 2 aliphatic heterocycles. The second-order valence-corrected chi connectivity index (χ2v) is 8.49. The molecule has 4 rings (SSSR count). The Bertz CT molecular complexity index is 985. The third kappa shape index (κ3) is 3.67. The largest absolute Gasteiger partial charge is 0.493 e. The minimum Gasteiger partial charge on any atom is -0.493 e. The van der Waals surface area contributed by atoms with Crippen LogP contribution in [0.25, 0.3) is 0 Å². The minimum absolute atomic E-state index is 0.112. The maximum Gasteiger partial charge on any atom is 0.262 e. The van der Waals surface area contributed by atoms with Crippen LogP contribution in [0.15, 0.2) is 42.5 Å². The molecule has 0 bridgehead atoms. The summed E-state index contributed by atoms with van der Waals surface area (Å²) >= 11 is 6.14. The second kappa shape index (κ2) is 8.11. The summed E-state index contributed by atoms with van der Waals surface area (Å²) in [4.78, 5) is 40.4. The maximum atomic E-state index is 13.3. The number of amides is 3. The zero-order valence-electron chi connectivity index (χ0n) is 16.9. The van der Waals surface area contributed by atoms with Gasteiger partial charge in [0.05, 0.1) is 23.8 Å². The summed E-state index contributed by atoms with van der Waals surface area (Å²) in [7, 11) is 0. The number of halogens is 1. The number of hydrogen-bond donors (Lipinski definition) is 1. The van der Waals surface area contributed by atoms with E-state index in [4.69, 9.17) is 16.3 Å². The average molecular weight is 427 g/mol. The molecule has 2 unspecified atom stereocenters. The van der Waals surface area contributed by atoms with E-state index in [1.807, 2.05) is 13.8 Å². The van der Waals surface area contributed by atoms with E-state index in [1.165, 1.54) is 0 Å².